The maximum absolute atomic E-state index is 12.9. The molecular formula is C16H18ClFN2O. The van der Waals surface area contributed by atoms with Gasteiger partial charge < -0.3 is 10.1 Å². The molecule has 0 aliphatic rings. The quantitative estimate of drug-likeness (QED) is 0.786. The van der Waals surface area contributed by atoms with Gasteiger partial charge in [-0.2, -0.15) is 0 Å². The normalized spacial score (nSPS) is 10.6. The minimum absolute atomic E-state index is 0.260. The molecule has 0 bridgehead atoms. The first-order valence-corrected chi connectivity index (χ1v) is 7.29. The molecule has 2 aromatic rings. The third kappa shape index (κ3) is 4.99. The first kappa shape index (κ1) is 15.7. The number of benzene rings is 1. The molecule has 3 nitrogen and oxygen atoms in total. The second-order valence-corrected chi connectivity index (χ2v) is 5.11. The third-order valence-corrected chi connectivity index (χ3v) is 3.21. The molecule has 1 N–H and O–H groups in total. The smallest absolute Gasteiger partial charge is 0.138 e. The molecule has 0 saturated heterocycles. The Morgan fingerprint density at radius 1 is 1.29 bits per heavy atom. The van der Waals surface area contributed by atoms with Crippen LogP contribution < -0.4 is 10.1 Å². The number of hydrogen-bond donors (Lipinski definition) is 1. The van der Waals surface area contributed by atoms with Crippen molar-refractivity contribution in [3.8, 4) is 5.75 Å². The Kier molecular flexibility index (Phi) is 5.96. The van der Waals surface area contributed by atoms with Gasteiger partial charge in [-0.05, 0) is 42.8 Å². The van der Waals surface area contributed by atoms with E-state index >= 15 is 0 Å². The number of aromatic nitrogens is 1. The summed E-state index contributed by atoms with van der Waals surface area (Å²) >= 11 is 5.90. The summed E-state index contributed by atoms with van der Waals surface area (Å²) < 4.78 is 18.5. The van der Waals surface area contributed by atoms with Crippen molar-refractivity contribution in [1.29, 1.82) is 0 Å². The Balaban J connectivity index is 1.88. The van der Waals surface area contributed by atoms with Gasteiger partial charge in [0, 0.05) is 12.7 Å². The fourth-order valence-electron chi connectivity index (χ4n) is 1.80. The van der Waals surface area contributed by atoms with Crippen LogP contribution in [0.5, 0.6) is 5.75 Å². The van der Waals surface area contributed by atoms with Crippen LogP contribution in [-0.4, -0.2) is 11.5 Å². The highest BCUT2D eigenvalue weighted by molar-refractivity contribution is 6.32. The largest absolute Gasteiger partial charge is 0.486 e. The fraction of sp³-hybridized carbons (Fsp3) is 0.312. The summed E-state index contributed by atoms with van der Waals surface area (Å²) in [4.78, 5) is 4.34. The molecule has 21 heavy (non-hydrogen) atoms. The Bertz CT molecular complexity index is 575. The SMILES string of the molecule is CCCNCc1ccc(COc2ccc(F)cc2Cl)nc1. The number of nitrogens with zero attached hydrogens (tertiary/aromatic N) is 1. The molecule has 0 spiro atoms. The molecule has 0 saturated carbocycles. The van der Waals surface area contributed by atoms with Crippen LogP contribution in [0.1, 0.15) is 24.6 Å². The van der Waals surface area contributed by atoms with Crippen molar-refractivity contribution in [3.05, 3.63) is 58.6 Å². The van der Waals surface area contributed by atoms with Gasteiger partial charge in [0.1, 0.15) is 18.2 Å². The highest BCUT2D eigenvalue weighted by atomic mass is 35.5. The van der Waals surface area contributed by atoms with Crippen molar-refractivity contribution >= 4 is 11.6 Å². The van der Waals surface area contributed by atoms with Crippen LogP contribution in [0.25, 0.3) is 0 Å². The molecule has 5 heteroatoms. The average Bonchev–Trinajstić information content (AvgIpc) is 2.48. The van der Waals surface area contributed by atoms with E-state index in [0.29, 0.717) is 12.4 Å². The first-order valence-electron chi connectivity index (χ1n) is 6.91. The second-order valence-electron chi connectivity index (χ2n) is 4.70. The van der Waals surface area contributed by atoms with Crippen molar-refractivity contribution in [3.63, 3.8) is 0 Å². The summed E-state index contributed by atoms with van der Waals surface area (Å²) in [7, 11) is 0. The van der Waals surface area contributed by atoms with Gasteiger partial charge in [-0.15, -0.1) is 0 Å². The monoisotopic (exact) mass is 308 g/mol. The van der Waals surface area contributed by atoms with Crippen LogP contribution in [0.15, 0.2) is 36.5 Å². The van der Waals surface area contributed by atoms with Crippen molar-refractivity contribution in [2.75, 3.05) is 6.54 Å². The first-order chi connectivity index (χ1) is 10.2. The number of pyridine rings is 1. The number of halogens is 2. The van der Waals surface area contributed by atoms with Crippen molar-refractivity contribution in [1.82, 2.24) is 10.3 Å². The molecule has 0 unspecified atom stereocenters. The molecule has 0 aliphatic carbocycles. The number of nitrogens with one attached hydrogen (secondary N) is 1. The van der Waals surface area contributed by atoms with Crippen LogP contribution >= 0.6 is 11.6 Å². The van der Waals surface area contributed by atoms with Crippen molar-refractivity contribution in [2.24, 2.45) is 0 Å². The zero-order chi connectivity index (χ0) is 15.1. The molecule has 1 heterocycles. The van der Waals surface area contributed by atoms with Gasteiger partial charge in [0.2, 0.25) is 0 Å². The topological polar surface area (TPSA) is 34.1 Å². The van der Waals surface area contributed by atoms with Gasteiger partial charge in [0.25, 0.3) is 0 Å². The molecular weight excluding hydrogens is 291 g/mol. The van der Waals surface area contributed by atoms with E-state index in [1.807, 2.05) is 18.3 Å². The van der Waals surface area contributed by atoms with Gasteiger partial charge >= 0.3 is 0 Å². The molecule has 0 fully saturated rings. The van der Waals surface area contributed by atoms with E-state index in [-0.39, 0.29) is 10.8 Å². The molecule has 0 amide bonds. The summed E-state index contributed by atoms with van der Waals surface area (Å²) in [6.45, 7) is 4.24. The maximum atomic E-state index is 12.9. The zero-order valence-electron chi connectivity index (χ0n) is 11.9. The van der Waals surface area contributed by atoms with Crippen molar-refractivity contribution in [2.45, 2.75) is 26.5 Å². The van der Waals surface area contributed by atoms with Crippen LogP contribution in [0.3, 0.4) is 0 Å². The Morgan fingerprint density at radius 2 is 2.14 bits per heavy atom. The van der Waals surface area contributed by atoms with Gasteiger partial charge in [-0.25, -0.2) is 4.39 Å². The van der Waals surface area contributed by atoms with E-state index in [2.05, 4.69) is 17.2 Å². The summed E-state index contributed by atoms with van der Waals surface area (Å²) in [5.41, 5.74) is 1.93. The van der Waals surface area contributed by atoms with Crippen LogP contribution in [0.2, 0.25) is 5.02 Å². The molecule has 2 rings (SSSR count). The van der Waals surface area contributed by atoms with Crippen LogP contribution in [-0.2, 0) is 13.2 Å². The molecule has 0 aliphatic heterocycles. The number of hydrogen-bond acceptors (Lipinski definition) is 3. The third-order valence-electron chi connectivity index (χ3n) is 2.91. The lowest BCUT2D eigenvalue weighted by Gasteiger charge is -2.08. The molecule has 0 radical (unpaired) electrons. The fourth-order valence-corrected chi connectivity index (χ4v) is 2.02. The zero-order valence-corrected chi connectivity index (χ0v) is 12.7. The lowest BCUT2D eigenvalue weighted by molar-refractivity contribution is 0.301. The highest BCUT2D eigenvalue weighted by Gasteiger charge is 2.04. The van der Waals surface area contributed by atoms with Gasteiger partial charge in [0.05, 0.1) is 10.7 Å². The Labute approximate surface area is 129 Å². The van der Waals surface area contributed by atoms with E-state index < -0.39 is 0 Å². The molecule has 1 aromatic heterocycles. The lowest BCUT2D eigenvalue weighted by Crippen LogP contribution is -2.14. The van der Waals surface area contributed by atoms with Gasteiger partial charge in [-0.1, -0.05) is 24.6 Å². The Hall–Kier alpha value is -1.65. The van der Waals surface area contributed by atoms with Crippen LogP contribution in [0, 0.1) is 5.82 Å². The second kappa shape index (κ2) is 7.96. The van der Waals surface area contributed by atoms with Gasteiger partial charge in [0.15, 0.2) is 0 Å². The number of rotatable bonds is 7. The highest BCUT2D eigenvalue weighted by Crippen LogP contribution is 2.25. The predicted molar refractivity (Wildman–Crippen MR) is 82.0 cm³/mol. The number of ether oxygens (including phenoxy) is 1. The van der Waals surface area contributed by atoms with Gasteiger partial charge in [-0.3, -0.25) is 4.98 Å². The molecule has 0 atom stereocenters. The summed E-state index contributed by atoms with van der Waals surface area (Å²) in [6.07, 6.45) is 2.94. The van der Waals surface area contributed by atoms with E-state index in [1.54, 1.807) is 0 Å². The molecule has 1 aromatic carbocycles. The minimum Gasteiger partial charge on any atom is -0.486 e. The molecule has 112 valence electrons. The lowest BCUT2D eigenvalue weighted by atomic mass is 10.2. The average molecular weight is 309 g/mol. The Morgan fingerprint density at radius 3 is 2.81 bits per heavy atom. The van der Waals surface area contributed by atoms with E-state index in [4.69, 9.17) is 16.3 Å². The summed E-state index contributed by atoms with van der Waals surface area (Å²) in [5.74, 6) is 0.0722. The van der Waals surface area contributed by atoms with Crippen LogP contribution in [0.4, 0.5) is 4.39 Å². The van der Waals surface area contributed by atoms with E-state index in [1.165, 1.54) is 18.2 Å². The van der Waals surface area contributed by atoms with Crippen molar-refractivity contribution < 1.29 is 9.13 Å². The predicted octanol–water partition coefficient (Wildman–Crippen LogP) is 3.95. The summed E-state index contributed by atoms with van der Waals surface area (Å²) in [5, 5.41) is 3.58. The summed E-state index contributed by atoms with van der Waals surface area (Å²) in [6, 6.07) is 7.99. The maximum Gasteiger partial charge on any atom is 0.138 e. The standard InChI is InChI=1S/C16H18ClFN2O/c1-2-7-19-9-12-3-5-14(20-10-12)11-21-16-6-4-13(18)8-15(16)17/h3-6,8,10,19H,2,7,9,11H2,1H3. The van der Waals surface area contributed by atoms with E-state index in [9.17, 15) is 4.39 Å². The minimum atomic E-state index is -0.380. The van der Waals surface area contributed by atoms with E-state index in [0.717, 1.165) is 30.8 Å².